The van der Waals surface area contributed by atoms with Gasteiger partial charge in [0.25, 0.3) is 0 Å². The zero-order chi connectivity index (χ0) is 17.0. The van der Waals surface area contributed by atoms with Gasteiger partial charge in [0.1, 0.15) is 5.60 Å². The van der Waals surface area contributed by atoms with E-state index in [-0.39, 0.29) is 19.3 Å². The number of ether oxygens (including phenoxy) is 1. The lowest BCUT2D eigenvalue weighted by molar-refractivity contribution is 0.0240. The maximum Gasteiger partial charge on any atom is 0.410 e. The first kappa shape index (κ1) is 17.6. The molecule has 0 unspecified atom stereocenters. The molecule has 23 heavy (non-hydrogen) atoms. The molecule has 6 heteroatoms. The minimum Gasteiger partial charge on any atom is -0.444 e. The van der Waals surface area contributed by atoms with Crippen LogP contribution in [0.4, 0.5) is 10.5 Å². The summed E-state index contributed by atoms with van der Waals surface area (Å²) in [5.41, 5.74) is 2.03. The second kappa shape index (κ2) is 7.19. The van der Waals surface area contributed by atoms with Gasteiger partial charge in [-0.05, 0) is 44.0 Å². The van der Waals surface area contributed by atoms with E-state index >= 15 is 0 Å². The van der Waals surface area contributed by atoms with Gasteiger partial charge in [-0.15, -0.1) is 0 Å². The van der Waals surface area contributed by atoms with E-state index in [0.29, 0.717) is 26.2 Å². The number of aliphatic hydroxyl groups is 2. The number of hydrogen-bond donors (Lipinski definition) is 2. The molecule has 0 aromatic heterocycles. The molecule has 2 N–H and O–H groups in total. The summed E-state index contributed by atoms with van der Waals surface area (Å²) < 4.78 is 5.39. The van der Waals surface area contributed by atoms with Crippen LogP contribution in [-0.2, 0) is 18.0 Å². The normalized spacial score (nSPS) is 15.7. The van der Waals surface area contributed by atoms with E-state index in [4.69, 9.17) is 4.74 Å². The highest BCUT2D eigenvalue weighted by atomic mass is 16.6. The second-order valence-electron chi connectivity index (χ2n) is 6.78. The van der Waals surface area contributed by atoms with Crippen molar-refractivity contribution in [2.45, 2.75) is 39.6 Å². The van der Waals surface area contributed by atoms with E-state index in [1.165, 1.54) is 0 Å². The summed E-state index contributed by atoms with van der Waals surface area (Å²) in [4.78, 5) is 15.9. The SMILES string of the molecule is CC(C)(C)OC(=O)N1CCN(c2cc(CO)cc(CO)c2)CC1. The van der Waals surface area contributed by atoms with Crippen LogP contribution in [0.15, 0.2) is 18.2 Å². The lowest BCUT2D eigenvalue weighted by Gasteiger charge is -2.37. The molecule has 0 saturated carbocycles. The molecule has 2 rings (SSSR count). The summed E-state index contributed by atoms with van der Waals surface area (Å²) in [6, 6.07) is 5.63. The third-order valence-electron chi connectivity index (χ3n) is 3.70. The lowest BCUT2D eigenvalue weighted by atomic mass is 10.1. The number of anilines is 1. The molecule has 1 heterocycles. The molecule has 128 valence electrons. The Morgan fingerprint density at radius 2 is 1.57 bits per heavy atom. The fraction of sp³-hybridized carbons (Fsp3) is 0.588. The van der Waals surface area contributed by atoms with Gasteiger partial charge >= 0.3 is 6.09 Å². The summed E-state index contributed by atoms with van der Waals surface area (Å²) in [7, 11) is 0. The van der Waals surface area contributed by atoms with Crippen molar-refractivity contribution in [2.75, 3.05) is 31.1 Å². The largest absolute Gasteiger partial charge is 0.444 e. The first-order valence-corrected chi connectivity index (χ1v) is 7.90. The van der Waals surface area contributed by atoms with Gasteiger partial charge in [-0.2, -0.15) is 0 Å². The van der Waals surface area contributed by atoms with E-state index < -0.39 is 5.60 Å². The highest BCUT2D eigenvalue weighted by Crippen LogP contribution is 2.22. The maximum atomic E-state index is 12.1. The molecule has 0 aliphatic carbocycles. The minimum atomic E-state index is -0.486. The van der Waals surface area contributed by atoms with E-state index in [1.807, 2.05) is 32.9 Å². The first-order chi connectivity index (χ1) is 10.8. The zero-order valence-electron chi connectivity index (χ0n) is 14.1. The van der Waals surface area contributed by atoms with Crippen LogP contribution in [0.2, 0.25) is 0 Å². The molecule has 0 atom stereocenters. The van der Waals surface area contributed by atoms with Crippen molar-refractivity contribution in [2.24, 2.45) is 0 Å². The Bertz CT molecular complexity index is 524. The summed E-state index contributed by atoms with van der Waals surface area (Å²) in [6.07, 6.45) is -0.280. The van der Waals surface area contributed by atoms with Crippen LogP contribution in [0.3, 0.4) is 0 Å². The molecular weight excluding hydrogens is 296 g/mol. The number of amides is 1. The van der Waals surface area contributed by atoms with Gasteiger partial charge in [-0.3, -0.25) is 0 Å². The molecule has 0 bridgehead atoms. The van der Waals surface area contributed by atoms with Crippen LogP contribution < -0.4 is 4.90 Å². The van der Waals surface area contributed by atoms with Crippen LogP contribution in [0, 0.1) is 0 Å². The number of carbonyl (C=O) groups excluding carboxylic acids is 1. The predicted molar refractivity (Wildman–Crippen MR) is 88.3 cm³/mol. The second-order valence-corrected chi connectivity index (χ2v) is 6.78. The molecule has 0 spiro atoms. The molecule has 6 nitrogen and oxygen atoms in total. The maximum absolute atomic E-state index is 12.1. The van der Waals surface area contributed by atoms with Crippen LogP contribution in [-0.4, -0.2) is 53.0 Å². The van der Waals surface area contributed by atoms with Crippen molar-refractivity contribution < 1.29 is 19.7 Å². The number of nitrogens with zero attached hydrogens (tertiary/aromatic N) is 2. The summed E-state index contributed by atoms with van der Waals surface area (Å²) in [5, 5.41) is 18.7. The fourth-order valence-electron chi connectivity index (χ4n) is 2.58. The smallest absolute Gasteiger partial charge is 0.410 e. The lowest BCUT2D eigenvalue weighted by Crippen LogP contribution is -2.50. The van der Waals surface area contributed by atoms with Gasteiger partial charge in [-0.25, -0.2) is 4.79 Å². The number of rotatable bonds is 3. The van der Waals surface area contributed by atoms with Gasteiger partial charge in [0, 0.05) is 31.9 Å². The van der Waals surface area contributed by atoms with Gasteiger partial charge < -0.3 is 24.7 Å². The van der Waals surface area contributed by atoms with Gasteiger partial charge in [0.05, 0.1) is 13.2 Å². The zero-order valence-corrected chi connectivity index (χ0v) is 14.1. The van der Waals surface area contributed by atoms with Gasteiger partial charge in [0.2, 0.25) is 0 Å². The number of benzene rings is 1. The Labute approximate surface area is 137 Å². The third-order valence-corrected chi connectivity index (χ3v) is 3.70. The monoisotopic (exact) mass is 322 g/mol. The predicted octanol–water partition coefficient (Wildman–Crippen LogP) is 1.73. The number of hydrogen-bond acceptors (Lipinski definition) is 5. The Balaban J connectivity index is 2.00. The standard InChI is InChI=1S/C17H26N2O4/c1-17(2,3)23-16(22)19-6-4-18(5-7-19)15-9-13(11-20)8-14(10-15)12-21/h8-10,20-21H,4-7,11-12H2,1-3H3. The first-order valence-electron chi connectivity index (χ1n) is 7.90. The third kappa shape index (κ3) is 4.84. The molecular formula is C17H26N2O4. The highest BCUT2D eigenvalue weighted by Gasteiger charge is 2.26. The number of piperazine rings is 1. The van der Waals surface area contributed by atoms with E-state index in [0.717, 1.165) is 16.8 Å². The van der Waals surface area contributed by atoms with Crippen molar-refractivity contribution in [1.82, 2.24) is 4.90 Å². The Morgan fingerprint density at radius 1 is 1.04 bits per heavy atom. The van der Waals surface area contributed by atoms with Gasteiger partial charge in [-0.1, -0.05) is 6.07 Å². The summed E-state index contributed by atoms with van der Waals surface area (Å²) >= 11 is 0. The van der Waals surface area contributed by atoms with Crippen molar-refractivity contribution in [3.8, 4) is 0 Å². The van der Waals surface area contributed by atoms with Crippen LogP contribution in [0.25, 0.3) is 0 Å². The van der Waals surface area contributed by atoms with Crippen LogP contribution in [0.1, 0.15) is 31.9 Å². The minimum absolute atomic E-state index is 0.0568. The molecule has 1 aliphatic rings. The molecule has 1 amide bonds. The summed E-state index contributed by atoms with van der Waals surface area (Å²) in [5.74, 6) is 0. The molecule has 1 fully saturated rings. The van der Waals surface area contributed by atoms with Crippen LogP contribution in [0.5, 0.6) is 0 Å². The van der Waals surface area contributed by atoms with Crippen molar-refractivity contribution in [3.63, 3.8) is 0 Å². The molecule has 1 saturated heterocycles. The fourth-order valence-corrected chi connectivity index (χ4v) is 2.58. The molecule has 1 aromatic rings. The average Bonchev–Trinajstić information content (AvgIpc) is 2.52. The van der Waals surface area contributed by atoms with E-state index in [2.05, 4.69) is 4.90 Å². The molecule has 1 aliphatic heterocycles. The average molecular weight is 322 g/mol. The van der Waals surface area contributed by atoms with E-state index in [1.54, 1.807) is 11.0 Å². The number of aliphatic hydroxyl groups excluding tert-OH is 2. The van der Waals surface area contributed by atoms with Crippen molar-refractivity contribution in [1.29, 1.82) is 0 Å². The van der Waals surface area contributed by atoms with Gasteiger partial charge in [0.15, 0.2) is 0 Å². The van der Waals surface area contributed by atoms with Crippen molar-refractivity contribution >= 4 is 11.8 Å². The number of carbonyl (C=O) groups is 1. The van der Waals surface area contributed by atoms with Crippen LogP contribution >= 0.6 is 0 Å². The molecule has 0 radical (unpaired) electrons. The Kier molecular flexibility index (Phi) is 5.49. The van der Waals surface area contributed by atoms with Crippen molar-refractivity contribution in [3.05, 3.63) is 29.3 Å². The van der Waals surface area contributed by atoms with E-state index in [9.17, 15) is 15.0 Å². The molecule has 1 aromatic carbocycles. The summed E-state index contributed by atoms with van der Waals surface area (Å²) in [6.45, 7) is 8.03. The quantitative estimate of drug-likeness (QED) is 0.886. The Hall–Kier alpha value is -1.79. The topological polar surface area (TPSA) is 73.2 Å². The Morgan fingerprint density at radius 3 is 2.00 bits per heavy atom. The highest BCUT2D eigenvalue weighted by molar-refractivity contribution is 5.68.